The Kier molecular flexibility index (Phi) is 3.52. The molecular formula is C14H13F3N2O2. The lowest BCUT2D eigenvalue weighted by molar-refractivity contribution is -0.146. The second-order valence-electron chi connectivity index (χ2n) is 5.12. The Morgan fingerprint density at radius 3 is 2.48 bits per heavy atom. The molecule has 7 heteroatoms. The highest BCUT2D eigenvalue weighted by Crippen LogP contribution is 2.32. The first-order valence-corrected chi connectivity index (χ1v) is 6.08. The van der Waals surface area contributed by atoms with E-state index in [4.69, 9.17) is 5.11 Å². The number of hydrogen-bond donors (Lipinski definition) is 1. The van der Waals surface area contributed by atoms with E-state index in [1.54, 1.807) is 0 Å². The van der Waals surface area contributed by atoms with Gasteiger partial charge in [-0.1, -0.05) is 12.1 Å². The summed E-state index contributed by atoms with van der Waals surface area (Å²) < 4.78 is 39.3. The van der Waals surface area contributed by atoms with Crippen LogP contribution >= 0.6 is 0 Å². The quantitative estimate of drug-likeness (QED) is 0.945. The number of alkyl halides is 3. The molecule has 1 N–H and O–H groups in total. The number of carboxylic acid groups (broad SMARTS) is 1. The number of aliphatic carboxylic acids is 1. The Bertz CT molecular complexity index is 675. The summed E-state index contributed by atoms with van der Waals surface area (Å²) in [6, 6.07) is 4.81. The minimum atomic E-state index is -4.42. The number of hydrogen-bond acceptors (Lipinski definition) is 2. The van der Waals surface area contributed by atoms with Gasteiger partial charge < -0.3 is 5.11 Å². The fourth-order valence-corrected chi connectivity index (χ4v) is 1.75. The van der Waals surface area contributed by atoms with Crippen LogP contribution in [0.2, 0.25) is 0 Å². The summed E-state index contributed by atoms with van der Waals surface area (Å²) in [6.07, 6.45) is -1.66. The topological polar surface area (TPSA) is 55.1 Å². The van der Waals surface area contributed by atoms with Gasteiger partial charge in [0.25, 0.3) is 0 Å². The molecule has 0 radical (unpaired) electrons. The molecule has 1 aromatic carbocycles. The van der Waals surface area contributed by atoms with Crippen molar-refractivity contribution in [3.05, 3.63) is 42.2 Å². The molecule has 112 valence electrons. The van der Waals surface area contributed by atoms with Crippen LogP contribution in [0, 0.1) is 0 Å². The van der Waals surface area contributed by atoms with Gasteiger partial charge in [0.1, 0.15) is 0 Å². The molecule has 2 rings (SSSR count). The maximum atomic E-state index is 12.7. The SMILES string of the molecule is CC(C)(C(=O)O)n1cc(-c2cccc(C(F)(F)F)c2)cn1. The number of halogens is 3. The first kappa shape index (κ1) is 15.1. The van der Waals surface area contributed by atoms with Crippen molar-refractivity contribution in [2.45, 2.75) is 25.6 Å². The fraction of sp³-hybridized carbons (Fsp3) is 0.286. The second kappa shape index (κ2) is 4.91. The molecule has 0 aliphatic rings. The Labute approximate surface area is 118 Å². The number of aromatic nitrogens is 2. The van der Waals surface area contributed by atoms with Crippen LogP contribution in [0.3, 0.4) is 0 Å². The van der Waals surface area contributed by atoms with E-state index < -0.39 is 23.2 Å². The molecule has 0 atom stereocenters. The molecule has 0 bridgehead atoms. The molecule has 0 saturated carbocycles. The summed E-state index contributed by atoms with van der Waals surface area (Å²) in [5, 5.41) is 13.0. The molecular weight excluding hydrogens is 285 g/mol. The largest absolute Gasteiger partial charge is 0.479 e. The first-order chi connectivity index (χ1) is 9.62. The fourth-order valence-electron chi connectivity index (χ4n) is 1.75. The zero-order valence-electron chi connectivity index (χ0n) is 11.3. The van der Waals surface area contributed by atoms with Gasteiger partial charge in [-0.3, -0.25) is 4.68 Å². The molecule has 0 amide bonds. The third-order valence-corrected chi connectivity index (χ3v) is 3.20. The Morgan fingerprint density at radius 1 is 1.24 bits per heavy atom. The molecule has 1 heterocycles. The molecule has 0 fully saturated rings. The average Bonchev–Trinajstić information content (AvgIpc) is 2.88. The van der Waals surface area contributed by atoms with Crippen molar-refractivity contribution in [2.24, 2.45) is 0 Å². The Morgan fingerprint density at radius 2 is 1.90 bits per heavy atom. The number of benzene rings is 1. The van der Waals surface area contributed by atoms with Crippen molar-refractivity contribution in [1.29, 1.82) is 0 Å². The summed E-state index contributed by atoms with van der Waals surface area (Å²) in [5.41, 5.74) is -1.28. The highest BCUT2D eigenvalue weighted by molar-refractivity contribution is 5.76. The highest BCUT2D eigenvalue weighted by atomic mass is 19.4. The predicted molar refractivity (Wildman–Crippen MR) is 69.6 cm³/mol. The summed E-state index contributed by atoms with van der Waals surface area (Å²) in [7, 11) is 0. The maximum Gasteiger partial charge on any atom is 0.416 e. The molecule has 0 unspecified atom stereocenters. The van der Waals surface area contributed by atoms with Gasteiger partial charge >= 0.3 is 12.1 Å². The predicted octanol–water partition coefficient (Wildman–Crippen LogP) is 3.39. The van der Waals surface area contributed by atoms with Gasteiger partial charge in [0.2, 0.25) is 0 Å². The van der Waals surface area contributed by atoms with Crippen LogP contribution in [0.4, 0.5) is 13.2 Å². The second-order valence-corrected chi connectivity index (χ2v) is 5.12. The summed E-state index contributed by atoms with van der Waals surface area (Å²) >= 11 is 0. The summed E-state index contributed by atoms with van der Waals surface area (Å²) in [5.74, 6) is -1.08. The lowest BCUT2D eigenvalue weighted by Gasteiger charge is -2.19. The summed E-state index contributed by atoms with van der Waals surface area (Å²) in [6.45, 7) is 2.91. The smallest absolute Gasteiger partial charge is 0.416 e. The number of carboxylic acids is 1. The van der Waals surface area contributed by atoms with Crippen LogP contribution in [0.5, 0.6) is 0 Å². The highest BCUT2D eigenvalue weighted by Gasteiger charge is 2.32. The monoisotopic (exact) mass is 298 g/mol. The van der Waals surface area contributed by atoms with E-state index in [9.17, 15) is 18.0 Å². The number of nitrogens with zero attached hydrogens (tertiary/aromatic N) is 2. The zero-order chi connectivity index (χ0) is 15.8. The first-order valence-electron chi connectivity index (χ1n) is 6.08. The van der Waals surface area contributed by atoms with E-state index in [0.717, 1.165) is 12.1 Å². The molecule has 1 aromatic heterocycles. The zero-order valence-corrected chi connectivity index (χ0v) is 11.3. The van der Waals surface area contributed by atoms with Gasteiger partial charge in [0, 0.05) is 11.8 Å². The van der Waals surface area contributed by atoms with Crippen molar-refractivity contribution < 1.29 is 23.1 Å². The van der Waals surface area contributed by atoms with Crippen molar-refractivity contribution in [2.75, 3.05) is 0 Å². The van der Waals surface area contributed by atoms with Crippen LogP contribution in [-0.4, -0.2) is 20.9 Å². The van der Waals surface area contributed by atoms with E-state index in [2.05, 4.69) is 5.10 Å². The minimum Gasteiger partial charge on any atom is -0.479 e. The molecule has 2 aromatic rings. The normalized spacial score (nSPS) is 12.4. The third-order valence-electron chi connectivity index (χ3n) is 3.20. The molecule has 4 nitrogen and oxygen atoms in total. The lowest BCUT2D eigenvalue weighted by atomic mass is 10.0. The van der Waals surface area contributed by atoms with Gasteiger partial charge in [-0.25, -0.2) is 4.79 Å². The van der Waals surface area contributed by atoms with Crippen LogP contribution < -0.4 is 0 Å². The van der Waals surface area contributed by atoms with Crippen LogP contribution in [0.25, 0.3) is 11.1 Å². The number of rotatable bonds is 3. The molecule has 0 aliphatic heterocycles. The van der Waals surface area contributed by atoms with Gasteiger partial charge in [-0.15, -0.1) is 0 Å². The van der Waals surface area contributed by atoms with Crippen LogP contribution in [0.1, 0.15) is 19.4 Å². The maximum absolute atomic E-state index is 12.7. The van der Waals surface area contributed by atoms with E-state index in [1.807, 2.05) is 0 Å². The van der Waals surface area contributed by atoms with Gasteiger partial charge in [-0.2, -0.15) is 18.3 Å². The van der Waals surface area contributed by atoms with Crippen molar-refractivity contribution in [3.63, 3.8) is 0 Å². The van der Waals surface area contributed by atoms with Crippen LogP contribution in [0.15, 0.2) is 36.7 Å². The number of carbonyl (C=O) groups is 1. The Hall–Kier alpha value is -2.31. The van der Waals surface area contributed by atoms with E-state index in [1.165, 1.54) is 43.1 Å². The van der Waals surface area contributed by atoms with E-state index in [0.29, 0.717) is 11.1 Å². The molecule has 0 aliphatic carbocycles. The minimum absolute atomic E-state index is 0.331. The average molecular weight is 298 g/mol. The standard InChI is InChI=1S/C14H13F3N2O2/c1-13(2,12(20)21)19-8-10(7-18-19)9-4-3-5-11(6-9)14(15,16)17/h3-8H,1-2H3,(H,20,21). The molecule has 21 heavy (non-hydrogen) atoms. The third kappa shape index (κ3) is 2.91. The van der Waals surface area contributed by atoms with Crippen molar-refractivity contribution in [1.82, 2.24) is 9.78 Å². The van der Waals surface area contributed by atoms with Crippen molar-refractivity contribution >= 4 is 5.97 Å². The van der Waals surface area contributed by atoms with Gasteiger partial charge in [-0.05, 0) is 31.5 Å². The van der Waals surface area contributed by atoms with Crippen molar-refractivity contribution in [3.8, 4) is 11.1 Å². The molecule has 0 spiro atoms. The van der Waals surface area contributed by atoms with Gasteiger partial charge in [0.05, 0.1) is 11.8 Å². The lowest BCUT2D eigenvalue weighted by Crippen LogP contribution is -2.35. The van der Waals surface area contributed by atoms with Crippen LogP contribution in [-0.2, 0) is 16.5 Å². The summed E-state index contributed by atoms with van der Waals surface area (Å²) in [4.78, 5) is 11.1. The Balaban J connectivity index is 2.41. The van der Waals surface area contributed by atoms with E-state index >= 15 is 0 Å². The molecule has 0 saturated heterocycles. The van der Waals surface area contributed by atoms with E-state index in [-0.39, 0.29) is 0 Å². The van der Waals surface area contributed by atoms with Gasteiger partial charge in [0.15, 0.2) is 5.54 Å².